The first-order chi connectivity index (χ1) is 21.4. The number of imidazole rings is 1. The first kappa shape index (κ1) is 26.7. The number of hydrogen-bond donors (Lipinski definition) is 1. The van der Waals surface area contributed by atoms with Crippen LogP contribution in [0.4, 0.5) is 5.69 Å². The van der Waals surface area contributed by atoms with Crippen LogP contribution in [0.25, 0.3) is 33.5 Å². The van der Waals surface area contributed by atoms with Crippen molar-refractivity contribution in [1.29, 1.82) is 5.26 Å². The average Bonchev–Trinajstić information content (AvgIpc) is 3.77. The molecule has 2 bridgehead atoms. The van der Waals surface area contributed by atoms with Gasteiger partial charge >= 0.3 is 0 Å². The second-order valence-corrected chi connectivity index (χ2v) is 12.5. The molecule has 3 aromatic heterocycles. The molecule has 2 aliphatic heterocycles. The molecule has 0 spiro atoms. The van der Waals surface area contributed by atoms with Gasteiger partial charge < -0.3 is 29.4 Å². The Balaban J connectivity index is 1.19. The van der Waals surface area contributed by atoms with E-state index in [2.05, 4.69) is 50.3 Å². The number of fused-ring (bicyclic) bond motifs is 4. The predicted octanol–water partition coefficient (Wildman–Crippen LogP) is 4.17. The quantitative estimate of drug-likeness (QED) is 0.317. The van der Waals surface area contributed by atoms with Gasteiger partial charge in [0.1, 0.15) is 17.3 Å². The van der Waals surface area contributed by atoms with Crippen molar-refractivity contribution < 1.29 is 9.53 Å². The molecule has 1 aliphatic carbocycles. The van der Waals surface area contributed by atoms with Crippen molar-refractivity contribution >= 4 is 33.5 Å². The molecule has 0 radical (unpaired) electrons. The summed E-state index contributed by atoms with van der Waals surface area (Å²) in [5.41, 5.74) is 12.3. The van der Waals surface area contributed by atoms with E-state index in [1.807, 2.05) is 41.4 Å². The lowest BCUT2D eigenvalue weighted by Crippen LogP contribution is -2.48. The summed E-state index contributed by atoms with van der Waals surface area (Å²) in [6, 6.07) is 18.5. The number of methoxy groups -OCH3 is 1. The molecule has 5 aromatic rings. The van der Waals surface area contributed by atoms with E-state index >= 15 is 0 Å². The van der Waals surface area contributed by atoms with Gasteiger partial charge in [-0.15, -0.1) is 0 Å². The summed E-state index contributed by atoms with van der Waals surface area (Å²) in [5, 5.41) is 10.5. The van der Waals surface area contributed by atoms with Crippen molar-refractivity contribution in [3.63, 3.8) is 0 Å². The Morgan fingerprint density at radius 1 is 1.11 bits per heavy atom. The molecule has 1 amide bonds. The number of nitrogens with zero attached hydrogens (tertiary/aromatic N) is 7. The highest BCUT2D eigenvalue weighted by Gasteiger charge is 2.47. The maximum atomic E-state index is 13.8. The molecule has 8 rings (SSSR count). The molecular weight excluding hydrogens is 552 g/mol. The fourth-order valence-electron chi connectivity index (χ4n) is 7.65. The summed E-state index contributed by atoms with van der Waals surface area (Å²) < 4.78 is 10.4. The number of piperidine rings is 1. The van der Waals surface area contributed by atoms with Crippen LogP contribution in [-0.2, 0) is 13.6 Å². The largest absolute Gasteiger partial charge is 0.494 e. The van der Waals surface area contributed by atoms with Gasteiger partial charge in [0.05, 0.1) is 35.8 Å². The fourth-order valence-corrected chi connectivity index (χ4v) is 7.65. The minimum Gasteiger partial charge on any atom is -0.494 e. The molecule has 2 saturated heterocycles. The maximum Gasteiger partial charge on any atom is 0.254 e. The third kappa shape index (κ3) is 4.07. The van der Waals surface area contributed by atoms with Crippen molar-refractivity contribution in [2.45, 2.75) is 31.5 Å². The Morgan fingerprint density at radius 2 is 1.95 bits per heavy atom. The molecule has 5 heterocycles. The number of nitrogens with two attached hydrogens (primary N) is 1. The van der Waals surface area contributed by atoms with E-state index in [-0.39, 0.29) is 18.0 Å². The number of benzene rings is 2. The van der Waals surface area contributed by atoms with Crippen LogP contribution in [0, 0.1) is 23.2 Å². The van der Waals surface area contributed by atoms with Crippen molar-refractivity contribution in [2.75, 3.05) is 31.6 Å². The fraction of sp³-hybridized carbons (Fsp3) is 0.353. The van der Waals surface area contributed by atoms with Gasteiger partial charge in [-0.25, -0.2) is 4.98 Å². The molecule has 2 N–H and O–H groups in total. The van der Waals surface area contributed by atoms with Gasteiger partial charge in [0.2, 0.25) is 0 Å². The number of pyridine rings is 1. The number of carbonyl (C=O) groups is 1. The third-order valence-corrected chi connectivity index (χ3v) is 9.98. The van der Waals surface area contributed by atoms with Crippen molar-refractivity contribution in [2.24, 2.45) is 24.6 Å². The number of nitriles is 1. The summed E-state index contributed by atoms with van der Waals surface area (Å²) in [6.07, 6.45) is 5.45. The van der Waals surface area contributed by atoms with Gasteiger partial charge in [0, 0.05) is 73.9 Å². The minimum absolute atomic E-state index is 0.00333. The Labute approximate surface area is 255 Å². The molecular formula is C34H34N8O2. The average molecular weight is 587 g/mol. The normalized spacial score (nSPS) is 21.3. The van der Waals surface area contributed by atoms with Crippen LogP contribution in [0.5, 0.6) is 5.75 Å². The third-order valence-electron chi connectivity index (χ3n) is 9.98. The van der Waals surface area contributed by atoms with E-state index in [9.17, 15) is 10.1 Å². The number of aromatic nitrogens is 4. The second-order valence-electron chi connectivity index (χ2n) is 12.5. The van der Waals surface area contributed by atoms with Crippen molar-refractivity contribution in [3.8, 4) is 23.3 Å². The summed E-state index contributed by atoms with van der Waals surface area (Å²) in [6.45, 7) is 3.11. The Bertz CT molecular complexity index is 1980. The first-order valence-corrected chi connectivity index (χ1v) is 15.2. The van der Waals surface area contributed by atoms with Gasteiger partial charge in [-0.2, -0.15) is 5.26 Å². The standard InChI is InChI=1S/C34H34N8O2/c1-39-27-6-4-3-5-22(27)11-29(39)33-38-26-10-24(34(43)41-19-23-7-8-28(41)31(23)36)12-30(44-2)32(26)42(33)18-21-16-40(17-21)25-9-20(13-35)14-37-15-25/h3-6,9-12,14-15,21,23,28,31H,7-8,16-19,36H2,1-2H3/t23?,28?,31-/m1/s1. The zero-order chi connectivity index (χ0) is 30.1. The molecule has 1 saturated carbocycles. The van der Waals surface area contributed by atoms with Gasteiger partial charge in [-0.05, 0) is 49.1 Å². The predicted molar refractivity (Wildman–Crippen MR) is 168 cm³/mol. The SMILES string of the molecule is COc1cc(C(=O)N2CC3CCC2[C@@H]3N)cc2nc(-c3cc4ccccc4n3C)n(CC3CN(c4cncc(C#N)c4)C3)c12. The van der Waals surface area contributed by atoms with Crippen LogP contribution >= 0.6 is 0 Å². The Hall–Kier alpha value is -4.88. The molecule has 10 nitrogen and oxygen atoms in total. The van der Waals surface area contributed by atoms with Gasteiger partial charge in [-0.1, -0.05) is 18.2 Å². The van der Waals surface area contributed by atoms with Crippen molar-refractivity contribution in [3.05, 3.63) is 72.1 Å². The van der Waals surface area contributed by atoms with Crippen LogP contribution in [0.15, 0.2) is 60.9 Å². The lowest BCUT2D eigenvalue weighted by molar-refractivity contribution is 0.0700. The summed E-state index contributed by atoms with van der Waals surface area (Å²) in [5.74, 6) is 2.21. The van der Waals surface area contributed by atoms with Crippen LogP contribution in [0.2, 0.25) is 0 Å². The number of amides is 1. The summed E-state index contributed by atoms with van der Waals surface area (Å²) in [4.78, 5) is 27.5. The number of hydrogen-bond acceptors (Lipinski definition) is 7. The van der Waals surface area contributed by atoms with Crippen LogP contribution < -0.4 is 15.4 Å². The van der Waals surface area contributed by atoms with Crippen LogP contribution in [-0.4, -0.2) is 68.7 Å². The van der Waals surface area contributed by atoms with Crippen LogP contribution in [0.3, 0.4) is 0 Å². The molecule has 2 unspecified atom stereocenters. The number of aryl methyl sites for hydroxylation is 1. The van der Waals surface area contributed by atoms with E-state index in [0.29, 0.717) is 35.3 Å². The summed E-state index contributed by atoms with van der Waals surface area (Å²) >= 11 is 0. The number of likely N-dealkylation sites (tertiary alicyclic amines) is 1. The number of rotatable bonds is 6. The Morgan fingerprint density at radius 3 is 2.68 bits per heavy atom. The zero-order valence-electron chi connectivity index (χ0n) is 24.8. The number of carbonyl (C=O) groups excluding carboxylic acids is 1. The highest BCUT2D eigenvalue weighted by molar-refractivity contribution is 6.00. The number of ether oxygens (including phenoxy) is 1. The number of para-hydroxylation sites is 1. The highest BCUT2D eigenvalue weighted by Crippen LogP contribution is 2.40. The molecule has 222 valence electrons. The topological polar surface area (TPSA) is 118 Å². The molecule has 3 atom stereocenters. The molecule has 2 aromatic carbocycles. The van der Waals surface area contributed by atoms with E-state index in [4.69, 9.17) is 15.5 Å². The lowest BCUT2D eigenvalue weighted by atomic mass is 9.98. The molecule has 3 aliphatic rings. The van der Waals surface area contributed by atoms with Gasteiger partial charge in [0.15, 0.2) is 5.82 Å². The monoisotopic (exact) mass is 586 g/mol. The van der Waals surface area contributed by atoms with E-state index < -0.39 is 0 Å². The van der Waals surface area contributed by atoms with Crippen LogP contribution in [0.1, 0.15) is 28.8 Å². The van der Waals surface area contributed by atoms with Crippen molar-refractivity contribution in [1.82, 2.24) is 24.0 Å². The first-order valence-electron chi connectivity index (χ1n) is 15.2. The Kier molecular flexibility index (Phi) is 6.13. The minimum atomic E-state index is -0.00333. The van der Waals surface area contributed by atoms with E-state index in [0.717, 1.165) is 71.6 Å². The van der Waals surface area contributed by atoms with E-state index in [1.54, 1.807) is 13.3 Å². The molecule has 3 fully saturated rings. The molecule has 44 heavy (non-hydrogen) atoms. The smallest absolute Gasteiger partial charge is 0.254 e. The van der Waals surface area contributed by atoms with Gasteiger partial charge in [0.25, 0.3) is 5.91 Å². The molecule has 10 heteroatoms. The highest BCUT2D eigenvalue weighted by atomic mass is 16.5. The van der Waals surface area contributed by atoms with Gasteiger partial charge in [-0.3, -0.25) is 9.78 Å². The number of anilines is 1. The lowest BCUT2D eigenvalue weighted by Gasteiger charge is -2.41. The van der Waals surface area contributed by atoms with E-state index in [1.165, 1.54) is 0 Å². The second kappa shape index (κ2) is 10.1. The zero-order valence-corrected chi connectivity index (χ0v) is 24.8. The summed E-state index contributed by atoms with van der Waals surface area (Å²) in [7, 11) is 3.73. The maximum absolute atomic E-state index is 13.8.